The number of nitrogens with zero attached hydrogens (tertiary/aromatic N) is 5. The summed E-state index contributed by atoms with van der Waals surface area (Å²) < 4.78 is 32.6. The molecular weight excluding hydrogens is 414 g/mol. The molecule has 10 heteroatoms. The summed E-state index contributed by atoms with van der Waals surface area (Å²) >= 11 is 6.11. The summed E-state index contributed by atoms with van der Waals surface area (Å²) in [4.78, 5) is 13.3. The van der Waals surface area contributed by atoms with Gasteiger partial charge in [0.1, 0.15) is 23.7 Å². The third kappa shape index (κ3) is 4.12. The second kappa shape index (κ2) is 8.33. The molecule has 2 aromatic rings. The highest BCUT2D eigenvalue weighted by Gasteiger charge is 2.29. The van der Waals surface area contributed by atoms with Crippen molar-refractivity contribution in [2.75, 3.05) is 56.2 Å². The van der Waals surface area contributed by atoms with Crippen LogP contribution in [0, 0.1) is 0 Å². The maximum atomic E-state index is 13.0. The van der Waals surface area contributed by atoms with Crippen LogP contribution in [0.2, 0.25) is 5.02 Å². The number of sulfonamides is 1. The fourth-order valence-electron chi connectivity index (χ4n) is 3.74. The molecular formula is C19H24ClN5O3S. The van der Waals surface area contributed by atoms with Gasteiger partial charge in [-0.15, -0.1) is 0 Å². The fourth-order valence-corrected chi connectivity index (χ4v) is 5.51. The zero-order valence-electron chi connectivity index (χ0n) is 16.3. The lowest BCUT2D eigenvalue weighted by molar-refractivity contribution is 0.383. The highest BCUT2D eigenvalue weighted by atomic mass is 35.5. The first-order valence-electron chi connectivity index (χ1n) is 9.64. The van der Waals surface area contributed by atoms with E-state index in [1.54, 1.807) is 12.4 Å². The van der Waals surface area contributed by atoms with Gasteiger partial charge in [0, 0.05) is 45.3 Å². The van der Waals surface area contributed by atoms with Crippen LogP contribution in [-0.4, -0.2) is 69.1 Å². The first kappa shape index (κ1) is 20.2. The molecule has 0 N–H and O–H groups in total. The first-order valence-corrected chi connectivity index (χ1v) is 11.5. The van der Waals surface area contributed by atoms with E-state index in [-0.39, 0.29) is 9.92 Å². The van der Waals surface area contributed by atoms with Crippen molar-refractivity contribution in [3.05, 3.63) is 35.6 Å². The van der Waals surface area contributed by atoms with Crippen molar-refractivity contribution in [2.45, 2.75) is 17.7 Å². The van der Waals surface area contributed by atoms with E-state index in [1.165, 1.54) is 36.4 Å². The number of benzene rings is 1. The van der Waals surface area contributed by atoms with E-state index in [0.717, 1.165) is 24.7 Å². The number of hydrogen-bond donors (Lipinski definition) is 0. The van der Waals surface area contributed by atoms with E-state index in [1.807, 2.05) is 6.07 Å². The molecule has 2 fully saturated rings. The Morgan fingerprint density at radius 2 is 1.55 bits per heavy atom. The largest absolute Gasteiger partial charge is 0.495 e. The highest BCUT2D eigenvalue weighted by molar-refractivity contribution is 7.89. The summed E-state index contributed by atoms with van der Waals surface area (Å²) in [5.74, 6) is 2.23. The van der Waals surface area contributed by atoms with E-state index < -0.39 is 10.0 Å². The molecule has 0 unspecified atom stereocenters. The Balaban J connectivity index is 1.45. The molecule has 3 heterocycles. The molecule has 2 saturated heterocycles. The Morgan fingerprint density at radius 1 is 0.931 bits per heavy atom. The van der Waals surface area contributed by atoms with Crippen molar-refractivity contribution in [3.63, 3.8) is 0 Å². The van der Waals surface area contributed by atoms with Crippen LogP contribution in [0.3, 0.4) is 0 Å². The maximum Gasteiger partial charge on any atom is 0.243 e. The molecule has 2 aliphatic rings. The monoisotopic (exact) mass is 437 g/mol. The molecule has 0 radical (unpaired) electrons. The van der Waals surface area contributed by atoms with E-state index in [0.29, 0.717) is 31.9 Å². The topological polar surface area (TPSA) is 78.9 Å². The van der Waals surface area contributed by atoms with Crippen molar-refractivity contribution in [1.29, 1.82) is 0 Å². The number of anilines is 2. The summed E-state index contributed by atoms with van der Waals surface area (Å²) in [6.45, 7) is 3.95. The highest BCUT2D eigenvalue weighted by Crippen LogP contribution is 2.29. The third-order valence-corrected chi connectivity index (χ3v) is 7.58. The molecule has 1 aromatic heterocycles. The zero-order valence-corrected chi connectivity index (χ0v) is 17.9. The normalized spacial score (nSPS) is 18.3. The minimum absolute atomic E-state index is 0.176. The molecule has 0 aliphatic carbocycles. The number of rotatable bonds is 5. The van der Waals surface area contributed by atoms with Gasteiger partial charge in [-0.3, -0.25) is 0 Å². The van der Waals surface area contributed by atoms with Crippen molar-refractivity contribution in [1.82, 2.24) is 14.3 Å². The minimum Gasteiger partial charge on any atom is -0.495 e. The number of piperazine rings is 1. The summed E-state index contributed by atoms with van der Waals surface area (Å²) in [6, 6.07) is 6.54. The molecule has 0 bridgehead atoms. The number of ether oxygens (including phenoxy) is 1. The Bertz CT molecular complexity index is 974. The molecule has 4 rings (SSSR count). The Morgan fingerprint density at radius 3 is 2.14 bits per heavy atom. The summed E-state index contributed by atoms with van der Waals surface area (Å²) in [5, 5.41) is 0.280. The second-order valence-electron chi connectivity index (χ2n) is 7.12. The van der Waals surface area contributed by atoms with Crippen molar-refractivity contribution in [3.8, 4) is 5.75 Å². The van der Waals surface area contributed by atoms with Crippen LogP contribution in [0.15, 0.2) is 35.5 Å². The van der Waals surface area contributed by atoms with Crippen molar-refractivity contribution in [2.24, 2.45) is 0 Å². The van der Waals surface area contributed by atoms with Crippen LogP contribution in [0.1, 0.15) is 12.8 Å². The lowest BCUT2D eigenvalue weighted by Gasteiger charge is -2.35. The number of methoxy groups -OCH3 is 1. The maximum absolute atomic E-state index is 13.0. The number of halogens is 1. The second-order valence-corrected chi connectivity index (χ2v) is 9.46. The first-order chi connectivity index (χ1) is 14.0. The van der Waals surface area contributed by atoms with E-state index >= 15 is 0 Å². The van der Waals surface area contributed by atoms with Crippen molar-refractivity contribution < 1.29 is 13.2 Å². The van der Waals surface area contributed by atoms with Gasteiger partial charge in [0.05, 0.1) is 17.0 Å². The number of aromatic nitrogens is 2. The van der Waals surface area contributed by atoms with Crippen LogP contribution in [0.5, 0.6) is 5.75 Å². The smallest absolute Gasteiger partial charge is 0.243 e. The lowest BCUT2D eigenvalue weighted by atomic mass is 10.3. The molecule has 0 saturated carbocycles. The van der Waals surface area contributed by atoms with Crippen LogP contribution < -0.4 is 14.5 Å². The van der Waals surface area contributed by atoms with Gasteiger partial charge < -0.3 is 14.5 Å². The van der Waals surface area contributed by atoms with Crippen LogP contribution >= 0.6 is 11.6 Å². The quantitative estimate of drug-likeness (QED) is 0.709. The van der Waals surface area contributed by atoms with Gasteiger partial charge in [-0.2, -0.15) is 4.31 Å². The summed E-state index contributed by atoms with van der Waals surface area (Å²) in [5.41, 5.74) is 0. The Kier molecular flexibility index (Phi) is 5.80. The molecule has 0 spiro atoms. The van der Waals surface area contributed by atoms with Gasteiger partial charge >= 0.3 is 0 Å². The average molecular weight is 438 g/mol. The summed E-state index contributed by atoms with van der Waals surface area (Å²) in [7, 11) is -2.11. The standard InChI is InChI=1S/C19H24ClN5O3S/c1-28-17-5-4-15(12-16(17)20)29(26,27)25-10-8-24(9-11-25)19-13-18(21-14-22-19)23-6-2-3-7-23/h4-5,12-14H,2-3,6-11H2,1H3. The predicted molar refractivity (Wildman–Crippen MR) is 112 cm³/mol. The Labute approximate surface area is 176 Å². The number of hydrogen-bond acceptors (Lipinski definition) is 7. The third-order valence-electron chi connectivity index (χ3n) is 5.39. The minimum atomic E-state index is -3.61. The van der Waals surface area contributed by atoms with E-state index in [2.05, 4.69) is 19.8 Å². The van der Waals surface area contributed by atoms with E-state index in [4.69, 9.17) is 16.3 Å². The summed E-state index contributed by atoms with van der Waals surface area (Å²) in [6.07, 6.45) is 3.96. The zero-order chi connectivity index (χ0) is 20.4. The molecule has 156 valence electrons. The SMILES string of the molecule is COc1ccc(S(=O)(=O)N2CCN(c3cc(N4CCCC4)ncn3)CC2)cc1Cl. The molecule has 1 aromatic carbocycles. The van der Waals surface area contributed by atoms with Crippen LogP contribution in [-0.2, 0) is 10.0 Å². The fraction of sp³-hybridized carbons (Fsp3) is 0.474. The van der Waals surface area contributed by atoms with Crippen LogP contribution in [0.25, 0.3) is 0 Å². The van der Waals surface area contributed by atoms with Gasteiger partial charge in [0.25, 0.3) is 0 Å². The van der Waals surface area contributed by atoms with Gasteiger partial charge in [-0.25, -0.2) is 18.4 Å². The van der Waals surface area contributed by atoms with E-state index in [9.17, 15) is 8.42 Å². The predicted octanol–water partition coefficient (Wildman–Crippen LogP) is 2.25. The molecule has 0 amide bonds. The van der Waals surface area contributed by atoms with Crippen molar-refractivity contribution >= 4 is 33.3 Å². The van der Waals surface area contributed by atoms with Gasteiger partial charge in [0.15, 0.2) is 0 Å². The van der Waals surface area contributed by atoms with Gasteiger partial charge in [-0.1, -0.05) is 11.6 Å². The molecule has 8 nitrogen and oxygen atoms in total. The van der Waals surface area contributed by atoms with Gasteiger partial charge in [0.2, 0.25) is 10.0 Å². The Hall–Kier alpha value is -2.10. The molecule has 2 aliphatic heterocycles. The van der Waals surface area contributed by atoms with Gasteiger partial charge in [-0.05, 0) is 31.0 Å². The van der Waals surface area contributed by atoms with Crippen LogP contribution in [0.4, 0.5) is 11.6 Å². The average Bonchev–Trinajstić information content (AvgIpc) is 3.29. The molecule has 0 atom stereocenters. The molecule has 29 heavy (non-hydrogen) atoms. The lowest BCUT2D eigenvalue weighted by Crippen LogP contribution is -2.49.